The molecule has 2 heterocycles. The van der Waals surface area contributed by atoms with E-state index in [2.05, 4.69) is 0 Å². The van der Waals surface area contributed by atoms with Crippen molar-refractivity contribution in [2.24, 2.45) is 0 Å². The standard InChI is InChI=1S/C22H24FNO6/c1-12(2)29-10-9-24-19(17-7-5-13(3)30-17)18(21(26)22(24)27)20(25)15-11-14(23)6-8-16(15)28-4/h5-8,11-12,19,25H,9-10H2,1-4H3/b20-18+. The van der Waals surface area contributed by atoms with Gasteiger partial charge in [-0.15, -0.1) is 0 Å². The molecule has 0 bridgehead atoms. The molecule has 1 aliphatic heterocycles. The van der Waals surface area contributed by atoms with Gasteiger partial charge in [-0.05, 0) is 51.1 Å². The van der Waals surface area contributed by atoms with Gasteiger partial charge in [-0.1, -0.05) is 0 Å². The Morgan fingerprint density at radius 3 is 2.60 bits per heavy atom. The van der Waals surface area contributed by atoms with Crippen molar-refractivity contribution in [3.63, 3.8) is 0 Å². The summed E-state index contributed by atoms with van der Waals surface area (Å²) in [4.78, 5) is 26.9. The number of ether oxygens (including phenoxy) is 2. The summed E-state index contributed by atoms with van der Waals surface area (Å²) in [5.41, 5.74) is -0.218. The fourth-order valence-electron chi connectivity index (χ4n) is 3.40. The van der Waals surface area contributed by atoms with E-state index in [-0.39, 0.29) is 36.1 Å². The van der Waals surface area contributed by atoms with Gasteiger partial charge < -0.3 is 23.9 Å². The van der Waals surface area contributed by atoms with Crippen LogP contribution in [0.25, 0.3) is 5.76 Å². The van der Waals surface area contributed by atoms with Crippen LogP contribution < -0.4 is 4.74 Å². The Bertz CT molecular complexity index is 993. The number of carbonyl (C=O) groups is 2. The van der Waals surface area contributed by atoms with Crippen molar-refractivity contribution in [2.45, 2.75) is 32.9 Å². The molecule has 1 amide bonds. The number of aryl methyl sites for hydroxylation is 1. The molecule has 1 unspecified atom stereocenters. The largest absolute Gasteiger partial charge is 0.507 e. The third-order valence-electron chi connectivity index (χ3n) is 4.77. The zero-order valence-corrected chi connectivity index (χ0v) is 17.3. The van der Waals surface area contributed by atoms with Gasteiger partial charge in [0.25, 0.3) is 11.7 Å². The Morgan fingerprint density at radius 2 is 2.00 bits per heavy atom. The summed E-state index contributed by atoms with van der Waals surface area (Å²) in [5, 5.41) is 11.0. The van der Waals surface area contributed by atoms with E-state index in [4.69, 9.17) is 13.9 Å². The molecule has 1 fully saturated rings. The predicted molar refractivity (Wildman–Crippen MR) is 106 cm³/mol. The second-order valence-electron chi connectivity index (χ2n) is 7.21. The summed E-state index contributed by atoms with van der Waals surface area (Å²) in [6.45, 7) is 5.76. The SMILES string of the molecule is COc1ccc(F)cc1/C(O)=C1\C(=O)C(=O)N(CCOC(C)C)C1c1ccc(C)o1. The molecule has 3 rings (SSSR count). The maximum atomic E-state index is 13.9. The van der Waals surface area contributed by atoms with Crippen molar-refractivity contribution < 1.29 is 33.0 Å². The van der Waals surface area contributed by atoms with Gasteiger partial charge >= 0.3 is 0 Å². The lowest BCUT2D eigenvalue weighted by Crippen LogP contribution is -2.33. The minimum Gasteiger partial charge on any atom is -0.507 e. The highest BCUT2D eigenvalue weighted by atomic mass is 19.1. The second-order valence-corrected chi connectivity index (χ2v) is 7.21. The molecule has 1 saturated heterocycles. The van der Waals surface area contributed by atoms with Crippen molar-refractivity contribution in [2.75, 3.05) is 20.3 Å². The third-order valence-corrected chi connectivity index (χ3v) is 4.77. The fourth-order valence-corrected chi connectivity index (χ4v) is 3.40. The summed E-state index contributed by atoms with van der Waals surface area (Å²) in [6.07, 6.45) is -0.0531. The lowest BCUT2D eigenvalue weighted by molar-refractivity contribution is -0.140. The molecular weight excluding hydrogens is 393 g/mol. The number of aliphatic hydroxyl groups is 1. The van der Waals surface area contributed by atoms with Gasteiger partial charge in [0.05, 0.1) is 31.0 Å². The van der Waals surface area contributed by atoms with Crippen LogP contribution in [0.4, 0.5) is 4.39 Å². The molecule has 30 heavy (non-hydrogen) atoms. The molecule has 2 aromatic rings. The molecule has 160 valence electrons. The first-order chi connectivity index (χ1) is 14.2. The number of nitrogens with zero attached hydrogens (tertiary/aromatic N) is 1. The molecule has 1 N–H and O–H groups in total. The topological polar surface area (TPSA) is 89.2 Å². The van der Waals surface area contributed by atoms with E-state index in [1.165, 1.54) is 24.1 Å². The van der Waals surface area contributed by atoms with Gasteiger partial charge in [0.1, 0.15) is 34.9 Å². The molecule has 8 heteroatoms. The van der Waals surface area contributed by atoms with E-state index < -0.39 is 29.3 Å². The van der Waals surface area contributed by atoms with E-state index in [0.29, 0.717) is 11.5 Å². The molecule has 7 nitrogen and oxygen atoms in total. The van der Waals surface area contributed by atoms with Crippen LogP contribution in [0.15, 0.2) is 40.3 Å². The second kappa shape index (κ2) is 8.71. The lowest BCUT2D eigenvalue weighted by Gasteiger charge is -2.23. The van der Waals surface area contributed by atoms with Crippen molar-refractivity contribution in [3.8, 4) is 5.75 Å². The van der Waals surface area contributed by atoms with E-state index >= 15 is 0 Å². The van der Waals surface area contributed by atoms with Crippen LogP contribution in [0.1, 0.15) is 37.0 Å². The normalized spacial score (nSPS) is 18.5. The van der Waals surface area contributed by atoms with Crippen molar-refractivity contribution in [1.29, 1.82) is 0 Å². The van der Waals surface area contributed by atoms with Crippen LogP contribution in [-0.4, -0.2) is 48.1 Å². The van der Waals surface area contributed by atoms with Gasteiger partial charge in [0.15, 0.2) is 0 Å². The van der Waals surface area contributed by atoms with E-state index in [1.54, 1.807) is 19.1 Å². The molecule has 1 aliphatic rings. The fraction of sp³-hybridized carbons (Fsp3) is 0.364. The minimum atomic E-state index is -0.970. The first-order valence-electron chi connectivity index (χ1n) is 9.54. The third kappa shape index (κ3) is 4.09. The highest BCUT2D eigenvalue weighted by Crippen LogP contribution is 2.41. The Hall–Kier alpha value is -3.13. The molecule has 1 aromatic carbocycles. The molecule has 1 aromatic heterocycles. The van der Waals surface area contributed by atoms with E-state index in [0.717, 1.165) is 6.07 Å². The number of aliphatic hydroxyl groups excluding tert-OH is 1. The number of hydrogen-bond donors (Lipinski definition) is 1. The van der Waals surface area contributed by atoms with Crippen LogP contribution in [-0.2, 0) is 14.3 Å². The zero-order valence-electron chi connectivity index (χ0n) is 17.3. The number of halogens is 1. The number of ketones is 1. The highest BCUT2D eigenvalue weighted by molar-refractivity contribution is 6.46. The van der Waals surface area contributed by atoms with Gasteiger partial charge in [-0.3, -0.25) is 9.59 Å². The first-order valence-corrected chi connectivity index (χ1v) is 9.54. The number of rotatable bonds is 7. The van der Waals surface area contributed by atoms with Gasteiger partial charge in [-0.2, -0.15) is 0 Å². The number of furan rings is 1. The summed E-state index contributed by atoms with van der Waals surface area (Å²) in [5.74, 6) is -1.78. The number of likely N-dealkylation sites (tertiary alicyclic amines) is 1. The molecule has 0 spiro atoms. The monoisotopic (exact) mass is 417 g/mol. The van der Waals surface area contributed by atoms with Gasteiger partial charge in [0.2, 0.25) is 0 Å². The summed E-state index contributed by atoms with van der Waals surface area (Å²) in [7, 11) is 1.36. The Balaban J connectivity index is 2.13. The number of methoxy groups -OCH3 is 1. The van der Waals surface area contributed by atoms with Crippen LogP contribution >= 0.6 is 0 Å². The Morgan fingerprint density at radius 1 is 1.27 bits per heavy atom. The molecule has 1 atom stereocenters. The molecule has 0 aliphatic carbocycles. The number of Topliss-reactive ketones (excluding diaryl/α,β-unsaturated/α-hetero) is 1. The van der Waals surface area contributed by atoms with Crippen LogP contribution in [0.2, 0.25) is 0 Å². The maximum Gasteiger partial charge on any atom is 0.295 e. The molecule has 0 saturated carbocycles. The van der Waals surface area contributed by atoms with Crippen LogP contribution in [0.5, 0.6) is 5.75 Å². The van der Waals surface area contributed by atoms with E-state index in [1.807, 2.05) is 13.8 Å². The van der Waals surface area contributed by atoms with Gasteiger partial charge in [-0.25, -0.2) is 4.39 Å². The maximum absolute atomic E-state index is 13.9. The minimum absolute atomic E-state index is 0.0257. The average Bonchev–Trinajstić information content (AvgIpc) is 3.23. The number of carbonyl (C=O) groups excluding carboxylic acids is 2. The number of benzene rings is 1. The summed E-state index contributed by atoms with van der Waals surface area (Å²) in [6, 6.07) is 5.92. The summed E-state index contributed by atoms with van der Waals surface area (Å²) >= 11 is 0. The van der Waals surface area contributed by atoms with Crippen LogP contribution in [0, 0.1) is 12.7 Å². The first kappa shape index (κ1) is 21.6. The molecular formula is C22H24FNO6. The van der Waals surface area contributed by atoms with Crippen molar-refractivity contribution in [1.82, 2.24) is 4.90 Å². The smallest absolute Gasteiger partial charge is 0.295 e. The number of hydrogen-bond acceptors (Lipinski definition) is 6. The van der Waals surface area contributed by atoms with Crippen LogP contribution in [0.3, 0.4) is 0 Å². The Kier molecular flexibility index (Phi) is 6.26. The molecule has 0 radical (unpaired) electrons. The van der Waals surface area contributed by atoms with Crippen molar-refractivity contribution in [3.05, 3.63) is 58.8 Å². The van der Waals surface area contributed by atoms with Gasteiger partial charge in [0, 0.05) is 6.54 Å². The Labute approximate surface area is 173 Å². The highest BCUT2D eigenvalue weighted by Gasteiger charge is 2.47. The average molecular weight is 417 g/mol. The quantitative estimate of drug-likeness (QED) is 0.421. The van der Waals surface area contributed by atoms with Crippen molar-refractivity contribution >= 4 is 17.4 Å². The summed E-state index contributed by atoms with van der Waals surface area (Å²) < 4.78 is 30.3. The van der Waals surface area contributed by atoms with E-state index in [9.17, 15) is 19.1 Å². The predicted octanol–water partition coefficient (Wildman–Crippen LogP) is 3.58. The zero-order chi connectivity index (χ0) is 22.0. The lowest BCUT2D eigenvalue weighted by atomic mass is 9.98. The number of amides is 1.